The molecule has 0 unspecified atom stereocenters. The maximum absolute atomic E-state index is 15.0. The second-order valence-corrected chi connectivity index (χ2v) is 12.0. The van der Waals surface area contributed by atoms with Crippen molar-refractivity contribution < 1.29 is 22.7 Å². The van der Waals surface area contributed by atoms with Gasteiger partial charge in [-0.3, -0.25) is 0 Å². The minimum atomic E-state index is -4.23. The quantitative estimate of drug-likeness (QED) is 0.439. The SMILES string of the molecule is Cc1ccc(S(=O)(=O)N2[C@@H](c3ccc(C(C)(C)C)cc3)C(C(=O)O)=CC[C@H]2c2ccccc2F)cc1. The largest absolute Gasteiger partial charge is 0.478 e. The van der Waals surface area contributed by atoms with E-state index in [9.17, 15) is 18.3 Å². The molecule has 2 atom stereocenters. The van der Waals surface area contributed by atoms with Crippen molar-refractivity contribution in [2.75, 3.05) is 0 Å². The van der Waals surface area contributed by atoms with Gasteiger partial charge in [0.05, 0.1) is 22.6 Å². The Morgan fingerprint density at radius 3 is 2.14 bits per heavy atom. The zero-order chi connectivity index (χ0) is 26.3. The first kappa shape index (κ1) is 25.8. The van der Waals surface area contributed by atoms with E-state index in [1.54, 1.807) is 42.5 Å². The predicted octanol–water partition coefficient (Wildman–Crippen LogP) is 6.32. The van der Waals surface area contributed by atoms with E-state index in [-0.39, 0.29) is 27.9 Å². The summed E-state index contributed by atoms with van der Waals surface area (Å²) in [4.78, 5) is 12.4. The van der Waals surface area contributed by atoms with Gasteiger partial charge in [0.1, 0.15) is 5.82 Å². The fraction of sp³-hybridized carbons (Fsp3) is 0.276. The van der Waals surface area contributed by atoms with E-state index in [1.165, 1.54) is 28.6 Å². The molecular formula is C29H30FNO4S. The van der Waals surface area contributed by atoms with Gasteiger partial charge in [-0.2, -0.15) is 4.31 Å². The van der Waals surface area contributed by atoms with Gasteiger partial charge in [-0.25, -0.2) is 17.6 Å². The molecule has 0 saturated heterocycles. The van der Waals surface area contributed by atoms with Gasteiger partial charge in [0.25, 0.3) is 0 Å². The number of carboxylic acids is 1. The number of aryl methyl sites for hydroxylation is 1. The lowest BCUT2D eigenvalue weighted by Crippen LogP contribution is -2.42. The average Bonchev–Trinajstić information content (AvgIpc) is 2.83. The van der Waals surface area contributed by atoms with E-state index in [1.807, 2.05) is 19.1 Å². The van der Waals surface area contributed by atoms with Crippen LogP contribution in [0.2, 0.25) is 0 Å². The van der Waals surface area contributed by atoms with Gasteiger partial charge in [-0.1, -0.05) is 87.0 Å². The minimum absolute atomic E-state index is 0.0254. The molecule has 7 heteroatoms. The first-order valence-electron chi connectivity index (χ1n) is 11.8. The summed E-state index contributed by atoms with van der Waals surface area (Å²) in [5.74, 6) is -1.75. The summed E-state index contributed by atoms with van der Waals surface area (Å²) in [5.41, 5.74) is 2.43. The van der Waals surface area contributed by atoms with E-state index in [2.05, 4.69) is 20.8 Å². The Morgan fingerprint density at radius 1 is 0.972 bits per heavy atom. The molecule has 36 heavy (non-hydrogen) atoms. The van der Waals surface area contributed by atoms with Crippen LogP contribution in [0.4, 0.5) is 4.39 Å². The number of aliphatic carboxylic acids is 1. The molecule has 1 N–H and O–H groups in total. The standard InChI is InChI=1S/C29H30FNO4S/c1-19-9-15-22(16-10-19)36(34,35)31-26(23-7-5-6-8-25(23)30)18-17-24(28(32)33)27(31)20-11-13-21(14-12-20)29(2,3)4/h5-17,26-27H,18H2,1-4H3,(H,32,33)/t26-,27-/m0/s1. The third-order valence-electron chi connectivity index (χ3n) is 6.62. The highest BCUT2D eigenvalue weighted by Gasteiger charge is 2.45. The lowest BCUT2D eigenvalue weighted by Gasteiger charge is -2.40. The number of halogens is 1. The van der Waals surface area contributed by atoms with Crippen molar-refractivity contribution in [3.05, 3.63) is 113 Å². The predicted molar refractivity (Wildman–Crippen MR) is 138 cm³/mol. The zero-order valence-electron chi connectivity index (χ0n) is 20.8. The lowest BCUT2D eigenvalue weighted by atomic mass is 9.84. The van der Waals surface area contributed by atoms with Crippen molar-refractivity contribution in [1.82, 2.24) is 4.31 Å². The van der Waals surface area contributed by atoms with Crippen molar-refractivity contribution in [3.63, 3.8) is 0 Å². The van der Waals surface area contributed by atoms with Crippen LogP contribution in [-0.4, -0.2) is 23.8 Å². The van der Waals surface area contributed by atoms with Gasteiger partial charge in [-0.15, -0.1) is 0 Å². The zero-order valence-corrected chi connectivity index (χ0v) is 21.6. The van der Waals surface area contributed by atoms with Crippen LogP contribution in [-0.2, 0) is 20.2 Å². The maximum Gasteiger partial charge on any atom is 0.333 e. The van der Waals surface area contributed by atoms with Crippen molar-refractivity contribution in [3.8, 4) is 0 Å². The molecule has 0 bridgehead atoms. The van der Waals surface area contributed by atoms with Gasteiger partial charge in [0.2, 0.25) is 10.0 Å². The van der Waals surface area contributed by atoms with Gasteiger partial charge < -0.3 is 5.11 Å². The molecule has 5 nitrogen and oxygen atoms in total. The van der Waals surface area contributed by atoms with Crippen molar-refractivity contribution in [1.29, 1.82) is 0 Å². The Hall–Kier alpha value is -3.29. The molecule has 0 aliphatic carbocycles. The van der Waals surface area contributed by atoms with E-state index in [0.29, 0.717) is 5.56 Å². The van der Waals surface area contributed by atoms with Crippen molar-refractivity contribution in [2.45, 2.75) is 56.5 Å². The van der Waals surface area contributed by atoms with Gasteiger partial charge in [0, 0.05) is 5.56 Å². The molecule has 1 aliphatic heterocycles. The minimum Gasteiger partial charge on any atom is -0.478 e. The molecule has 0 aromatic heterocycles. The molecule has 0 fully saturated rings. The number of carboxylic acid groups (broad SMARTS) is 1. The van der Waals surface area contributed by atoms with Crippen molar-refractivity contribution >= 4 is 16.0 Å². The van der Waals surface area contributed by atoms with Crippen LogP contribution in [0.3, 0.4) is 0 Å². The summed E-state index contributed by atoms with van der Waals surface area (Å²) in [6, 6.07) is 17.7. The number of benzene rings is 3. The first-order valence-corrected chi connectivity index (χ1v) is 13.2. The molecule has 4 rings (SSSR count). The van der Waals surface area contributed by atoms with E-state index < -0.39 is 33.9 Å². The second-order valence-electron chi connectivity index (χ2n) is 10.2. The fourth-order valence-electron chi connectivity index (χ4n) is 4.61. The van der Waals surface area contributed by atoms with Crippen LogP contribution < -0.4 is 0 Å². The smallest absolute Gasteiger partial charge is 0.333 e. The highest BCUT2D eigenvalue weighted by atomic mass is 32.2. The Kier molecular flexibility index (Phi) is 6.90. The molecule has 0 amide bonds. The third kappa shape index (κ3) is 4.86. The summed E-state index contributed by atoms with van der Waals surface area (Å²) in [6.45, 7) is 8.04. The maximum atomic E-state index is 15.0. The molecule has 1 heterocycles. The summed E-state index contributed by atoms with van der Waals surface area (Å²) in [6.07, 6.45) is 1.55. The summed E-state index contributed by atoms with van der Waals surface area (Å²) >= 11 is 0. The molecule has 1 aliphatic rings. The highest BCUT2D eigenvalue weighted by molar-refractivity contribution is 7.89. The molecular weight excluding hydrogens is 477 g/mol. The summed E-state index contributed by atoms with van der Waals surface area (Å²) in [7, 11) is -4.23. The Balaban J connectivity index is 1.97. The van der Waals surface area contributed by atoms with Crippen LogP contribution in [0.5, 0.6) is 0 Å². The number of hydrogen-bond acceptors (Lipinski definition) is 3. The Morgan fingerprint density at radius 2 is 1.58 bits per heavy atom. The highest BCUT2D eigenvalue weighted by Crippen LogP contribution is 2.46. The third-order valence-corrected chi connectivity index (χ3v) is 8.51. The number of sulfonamides is 1. The molecule has 3 aromatic carbocycles. The van der Waals surface area contributed by atoms with E-state index >= 15 is 4.39 Å². The van der Waals surface area contributed by atoms with E-state index in [4.69, 9.17) is 0 Å². The molecule has 0 saturated carbocycles. The number of rotatable bonds is 5. The summed E-state index contributed by atoms with van der Waals surface area (Å²) in [5, 5.41) is 10.1. The van der Waals surface area contributed by atoms with Gasteiger partial charge in [-0.05, 0) is 48.1 Å². The van der Waals surface area contributed by atoms with E-state index in [0.717, 1.165) is 11.1 Å². The van der Waals surface area contributed by atoms with Crippen LogP contribution in [0, 0.1) is 12.7 Å². The first-order chi connectivity index (χ1) is 16.9. The average molecular weight is 508 g/mol. The monoisotopic (exact) mass is 507 g/mol. The number of hydrogen-bond donors (Lipinski definition) is 1. The topological polar surface area (TPSA) is 74.7 Å². The molecule has 188 valence electrons. The van der Waals surface area contributed by atoms with Gasteiger partial charge in [0.15, 0.2) is 0 Å². The van der Waals surface area contributed by atoms with Crippen LogP contribution >= 0.6 is 0 Å². The number of nitrogens with zero attached hydrogens (tertiary/aromatic N) is 1. The normalized spacial score (nSPS) is 19.1. The van der Waals surface area contributed by atoms with Crippen LogP contribution in [0.1, 0.15) is 61.5 Å². The lowest BCUT2D eigenvalue weighted by molar-refractivity contribution is -0.133. The summed E-state index contributed by atoms with van der Waals surface area (Å²) < 4.78 is 44.5. The molecule has 3 aromatic rings. The van der Waals surface area contributed by atoms with Crippen LogP contribution in [0.15, 0.2) is 89.3 Å². The molecule has 0 spiro atoms. The Bertz CT molecular complexity index is 1400. The Labute approximate surface area is 212 Å². The second kappa shape index (κ2) is 9.64. The van der Waals surface area contributed by atoms with Crippen molar-refractivity contribution in [2.24, 2.45) is 0 Å². The fourth-order valence-corrected chi connectivity index (χ4v) is 6.39. The molecule has 0 radical (unpaired) electrons. The van der Waals surface area contributed by atoms with Gasteiger partial charge >= 0.3 is 5.97 Å². The van der Waals surface area contributed by atoms with Crippen LogP contribution in [0.25, 0.3) is 0 Å². The number of carbonyl (C=O) groups is 1.